The lowest BCUT2D eigenvalue weighted by atomic mass is 10.2. The second-order valence-electron chi connectivity index (χ2n) is 5.97. The third-order valence-electron chi connectivity index (χ3n) is 3.65. The third-order valence-corrected chi connectivity index (χ3v) is 3.88. The summed E-state index contributed by atoms with van der Waals surface area (Å²) in [6, 6.07) is 10.6. The number of benzene rings is 2. The van der Waals surface area contributed by atoms with E-state index in [4.69, 9.17) is 21.1 Å². The first-order valence-electron chi connectivity index (χ1n) is 8.73. The number of nitrogens with one attached hydrogen (secondary N) is 1. The van der Waals surface area contributed by atoms with Gasteiger partial charge >= 0.3 is 12.6 Å². The molecule has 156 valence electrons. The molecule has 0 aliphatic rings. The van der Waals surface area contributed by atoms with E-state index >= 15 is 0 Å². The summed E-state index contributed by atoms with van der Waals surface area (Å²) >= 11 is 5.87. The second kappa shape index (κ2) is 11.2. The zero-order chi connectivity index (χ0) is 21.2. The number of hydrogen-bond acceptors (Lipinski definition) is 5. The standard InChI is InChI=1S/C20H20ClF2NO5/c1-13-11-14(21)4-9-17(13)27-10-2-3-19(26)28-12-18(25)24-15-5-7-16(8-6-15)29-20(22)23/h4-9,11,20H,2-3,10,12H2,1H3,(H,24,25). The molecule has 0 aliphatic carbocycles. The molecule has 2 rings (SSSR count). The Bertz CT molecular complexity index is 830. The summed E-state index contributed by atoms with van der Waals surface area (Å²) in [5.74, 6) is -0.418. The van der Waals surface area contributed by atoms with E-state index in [0.29, 0.717) is 29.5 Å². The lowest BCUT2D eigenvalue weighted by Crippen LogP contribution is -2.21. The van der Waals surface area contributed by atoms with Gasteiger partial charge in [-0.15, -0.1) is 0 Å². The molecule has 0 unspecified atom stereocenters. The Morgan fingerprint density at radius 1 is 1.14 bits per heavy atom. The number of halogens is 3. The molecule has 0 aromatic heterocycles. The molecule has 6 nitrogen and oxygen atoms in total. The smallest absolute Gasteiger partial charge is 0.387 e. The number of carbonyl (C=O) groups excluding carboxylic acids is 2. The van der Waals surface area contributed by atoms with Crippen LogP contribution < -0.4 is 14.8 Å². The lowest BCUT2D eigenvalue weighted by Gasteiger charge is -2.10. The molecule has 1 N–H and O–H groups in total. The van der Waals surface area contributed by atoms with Gasteiger partial charge < -0.3 is 19.5 Å². The fourth-order valence-corrected chi connectivity index (χ4v) is 2.54. The Morgan fingerprint density at radius 3 is 2.52 bits per heavy atom. The molecular weight excluding hydrogens is 408 g/mol. The number of ether oxygens (including phenoxy) is 3. The normalized spacial score (nSPS) is 10.5. The van der Waals surface area contributed by atoms with E-state index in [2.05, 4.69) is 10.1 Å². The van der Waals surface area contributed by atoms with Crippen molar-refractivity contribution >= 4 is 29.2 Å². The van der Waals surface area contributed by atoms with Crippen LogP contribution in [-0.4, -0.2) is 31.7 Å². The van der Waals surface area contributed by atoms with E-state index in [0.717, 1.165) is 5.56 Å². The van der Waals surface area contributed by atoms with Gasteiger partial charge in [-0.25, -0.2) is 0 Å². The molecule has 0 saturated carbocycles. The molecule has 0 bridgehead atoms. The van der Waals surface area contributed by atoms with E-state index in [1.54, 1.807) is 18.2 Å². The largest absolute Gasteiger partial charge is 0.493 e. The Balaban J connectivity index is 1.63. The minimum absolute atomic E-state index is 0.0274. The van der Waals surface area contributed by atoms with Gasteiger partial charge in [0.15, 0.2) is 6.61 Å². The van der Waals surface area contributed by atoms with Crippen LogP contribution in [0.15, 0.2) is 42.5 Å². The molecule has 1 amide bonds. The quantitative estimate of drug-likeness (QED) is 0.443. The molecule has 0 radical (unpaired) electrons. The Kier molecular flexibility index (Phi) is 8.67. The summed E-state index contributed by atoms with van der Waals surface area (Å²) in [6.07, 6.45) is 0.522. The summed E-state index contributed by atoms with van der Waals surface area (Å²) in [6.45, 7) is -1.19. The predicted molar refractivity (Wildman–Crippen MR) is 104 cm³/mol. The zero-order valence-electron chi connectivity index (χ0n) is 15.6. The van der Waals surface area contributed by atoms with Crippen molar-refractivity contribution in [2.45, 2.75) is 26.4 Å². The maximum atomic E-state index is 12.1. The molecule has 0 fully saturated rings. The van der Waals surface area contributed by atoms with Crippen LogP contribution in [0.1, 0.15) is 18.4 Å². The summed E-state index contributed by atoms with van der Waals surface area (Å²) in [7, 11) is 0. The van der Waals surface area contributed by atoms with Gasteiger partial charge in [-0.1, -0.05) is 11.6 Å². The number of esters is 1. The summed E-state index contributed by atoms with van der Waals surface area (Å²) in [4.78, 5) is 23.5. The minimum Gasteiger partial charge on any atom is -0.493 e. The van der Waals surface area contributed by atoms with E-state index in [-0.39, 0.29) is 12.2 Å². The van der Waals surface area contributed by atoms with E-state index < -0.39 is 25.1 Å². The van der Waals surface area contributed by atoms with Crippen LogP contribution in [-0.2, 0) is 14.3 Å². The Morgan fingerprint density at radius 2 is 1.86 bits per heavy atom. The number of amides is 1. The average Bonchev–Trinajstić information content (AvgIpc) is 2.66. The van der Waals surface area contributed by atoms with E-state index in [1.807, 2.05) is 6.92 Å². The molecule has 29 heavy (non-hydrogen) atoms. The number of carbonyl (C=O) groups is 2. The average molecular weight is 428 g/mol. The van der Waals surface area contributed by atoms with Crippen molar-refractivity contribution in [1.29, 1.82) is 0 Å². The fourth-order valence-electron chi connectivity index (χ4n) is 2.31. The maximum absolute atomic E-state index is 12.1. The molecule has 0 aliphatic heterocycles. The van der Waals surface area contributed by atoms with Crippen molar-refractivity contribution in [3.63, 3.8) is 0 Å². The van der Waals surface area contributed by atoms with Crippen molar-refractivity contribution in [2.75, 3.05) is 18.5 Å². The monoisotopic (exact) mass is 427 g/mol. The van der Waals surface area contributed by atoms with Crippen LogP contribution >= 0.6 is 11.6 Å². The van der Waals surface area contributed by atoms with Gasteiger partial charge in [0.25, 0.3) is 5.91 Å². The van der Waals surface area contributed by atoms with Gasteiger partial charge in [-0.05, 0) is 61.4 Å². The van der Waals surface area contributed by atoms with Gasteiger partial charge in [-0.3, -0.25) is 9.59 Å². The Labute approximate surface area is 171 Å². The van der Waals surface area contributed by atoms with Crippen molar-refractivity contribution in [3.05, 3.63) is 53.1 Å². The summed E-state index contributed by atoms with van der Waals surface area (Å²) < 4.78 is 38.8. The lowest BCUT2D eigenvalue weighted by molar-refractivity contribution is -0.147. The highest BCUT2D eigenvalue weighted by atomic mass is 35.5. The first-order valence-corrected chi connectivity index (χ1v) is 9.10. The molecule has 0 spiro atoms. The van der Waals surface area contributed by atoms with Gasteiger partial charge in [0.1, 0.15) is 11.5 Å². The number of rotatable bonds is 10. The molecule has 2 aromatic rings. The van der Waals surface area contributed by atoms with Gasteiger partial charge in [0.2, 0.25) is 0 Å². The number of anilines is 1. The molecule has 0 saturated heterocycles. The highest BCUT2D eigenvalue weighted by Gasteiger charge is 2.09. The van der Waals surface area contributed by atoms with Gasteiger partial charge in [0, 0.05) is 17.1 Å². The fraction of sp³-hybridized carbons (Fsp3) is 0.300. The molecule has 0 atom stereocenters. The van der Waals surface area contributed by atoms with Crippen LogP contribution in [0, 0.1) is 6.92 Å². The van der Waals surface area contributed by atoms with Crippen molar-refractivity contribution in [1.82, 2.24) is 0 Å². The topological polar surface area (TPSA) is 73.9 Å². The summed E-state index contributed by atoms with van der Waals surface area (Å²) in [5, 5.41) is 3.10. The second-order valence-corrected chi connectivity index (χ2v) is 6.41. The molecule has 9 heteroatoms. The van der Waals surface area contributed by atoms with E-state index in [1.165, 1.54) is 24.3 Å². The number of alkyl halides is 2. The highest BCUT2D eigenvalue weighted by Crippen LogP contribution is 2.22. The van der Waals surface area contributed by atoms with Crippen LogP contribution in [0.3, 0.4) is 0 Å². The first-order chi connectivity index (χ1) is 13.8. The zero-order valence-corrected chi connectivity index (χ0v) is 16.4. The molecular formula is C20H20ClF2NO5. The molecule has 0 heterocycles. The SMILES string of the molecule is Cc1cc(Cl)ccc1OCCCC(=O)OCC(=O)Nc1ccc(OC(F)F)cc1. The number of hydrogen-bond donors (Lipinski definition) is 1. The maximum Gasteiger partial charge on any atom is 0.387 e. The van der Waals surface area contributed by atoms with Gasteiger partial charge in [0.05, 0.1) is 6.61 Å². The number of aryl methyl sites for hydroxylation is 1. The first kappa shape index (κ1) is 22.4. The van der Waals surface area contributed by atoms with Crippen molar-refractivity contribution in [2.24, 2.45) is 0 Å². The Hall–Kier alpha value is -2.87. The van der Waals surface area contributed by atoms with Crippen LogP contribution in [0.5, 0.6) is 11.5 Å². The van der Waals surface area contributed by atoms with Crippen LogP contribution in [0.2, 0.25) is 5.02 Å². The molecule has 2 aromatic carbocycles. The predicted octanol–water partition coefficient (Wildman–Crippen LogP) is 4.59. The summed E-state index contributed by atoms with van der Waals surface area (Å²) in [5.41, 5.74) is 1.25. The van der Waals surface area contributed by atoms with E-state index in [9.17, 15) is 18.4 Å². The van der Waals surface area contributed by atoms with Crippen LogP contribution in [0.4, 0.5) is 14.5 Å². The van der Waals surface area contributed by atoms with Gasteiger partial charge in [-0.2, -0.15) is 8.78 Å². The minimum atomic E-state index is -2.92. The van der Waals surface area contributed by atoms with Crippen molar-refractivity contribution < 1.29 is 32.6 Å². The van der Waals surface area contributed by atoms with Crippen molar-refractivity contribution in [3.8, 4) is 11.5 Å². The highest BCUT2D eigenvalue weighted by molar-refractivity contribution is 6.30. The van der Waals surface area contributed by atoms with Crippen LogP contribution in [0.25, 0.3) is 0 Å². The third kappa shape index (κ3) is 8.35.